The smallest absolute Gasteiger partial charge is 0.0931 e. The molecule has 1 heterocycles. The summed E-state index contributed by atoms with van der Waals surface area (Å²) in [6.45, 7) is 5.73. The highest BCUT2D eigenvalue weighted by Gasteiger charge is 2.26. The minimum absolute atomic E-state index is 0. The standard InChI is InChI=1S/C26H29N3.ClH/c1-26(2)13-11-20(12-14-26)27-16-19-7-9-22(23-6-4-3-5-21(19)23)18-8-10-24-25(15-18)29-17-28-24;/h3-10,15,17,20,27H,11-14,16H2,1-2H3,(H,28,29);1H. The first-order valence-corrected chi connectivity index (χ1v) is 10.8. The summed E-state index contributed by atoms with van der Waals surface area (Å²) in [6.07, 6.45) is 6.97. The first-order valence-electron chi connectivity index (χ1n) is 10.8. The van der Waals surface area contributed by atoms with E-state index < -0.39 is 0 Å². The Hall–Kier alpha value is -2.36. The van der Waals surface area contributed by atoms with Crippen LogP contribution >= 0.6 is 12.4 Å². The topological polar surface area (TPSA) is 40.7 Å². The van der Waals surface area contributed by atoms with Gasteiger partial charge in [-0.25, -0.2) is 4.98 Å². The van der Waals surface area contributed by atoms with Crippen LogP contribution in [-0.2, 0) is 6.54 Å². The molecule has 0 saturated heterocycles. The fourth-order valence-electron chi connectivity index (χ4n) is 4.73. The van der Waals surface area contributed by atoms with Gasteiger partial charge in [-0.1, -0.05) is 56.3 Å². The molecule has 0 spiro atoms. The van der Waals surface area contributed by atoms with Crippen LogP contribution in [0.2, 0.25) is 0 Å². The van der Waals surface area contributed by atoms with Crippen molar-refractivity contribution in [2.24, 2.45) is 5.41 Å². The second kappa shape index (κ2) is 8.41. The van der Waals surface area contributed by atoms with Gasteiger partial charge in [-0.3, -0.25) is 0 Å². The van der Waals surface area contributed by atoms with Gasteiger partial charge < -0.3 is 10.3 Å². The molecule has 4 aromatic rings. The van der Waals surface area contributed by atoms with Crippen molar-refractivity contribution in [3.63, 3.8) is 0 Å². The van der Waals surface area contributed by atoms with E-state index in [0.29, 0.717) is 11.5 Å². The zero-order valence-corrected chi connectivity index (χ0v) is 18.6. The van der Waals surface area contributed by atoms with Gasteiger partial charge in [-0.2, -0.15) is 0 Å². The number of nitrogens with zero attached hydrogens (tertiary/aromatic N) is 1. The van der Waals surface area contributed by atoms with Gasteiger partial charge in [0.05, 0.1) is 17.4 Å². The van der Waals surface area contributed by atoms with Gasteiger partial charge in [0.2, 0.25) is 0 Å². The molecule has 1 aliphatic rings. The minimum Gasteiger partial charge on any atom is -0.345 e. The van der Waals surface area contributed by atoms with Crippen molar-refractivity contribution in [1.82, 2.24) is 15.3 Å². The number of nitrogens with one attached hydrogen (secondary N) is 2. The van der Waals surface area contributed by atoms with Crippen LogP contribution in [0.15, 0.2) is 60.9 Å². The fraction of sp³-hybridized carbons (Fsp3) is 0.346. The number of hydrogen-bond donors (Lipinski definition) is 2. The summed E-state index contributed by atoms with van der Waals surface area (Å²) >= 11 is 0. The number of imidazole rings is 1. The van der Waals surface area contributed by atoms with E-state index in [2.05, 4.69) is 83.7 Å². The number of rotatable bonds is 4. The number of hydrogen-bond acceptors (Lipinski definition) is 2. The number of halogens is 1. The average Bonchev–Trinajstić information content (AvgIpc) is 3.20. The molecule has 4 heteroatoms. The average molecular weight is 420 g/mol. The van der Waals surface area contributed by atoms with Gasteiger partial charge in [0.15, 0.2) is 0 Å². The lowest BCUT2D eigenvalue weighted by atomic mass is 9.75. The maximum absolute atomic E-state index is 4.34. The lowest BCUT2D eigenvalue weighted by molar-refractivity contribution is 0.206. The summed E-state index contributed by atoms with van der Waals surface area (Å²) in [5.74, 6) is 0. The third-order valence-electron chi connectivity index (χ3n) is 6.67. The second-order valence-corrected chi connectivity index (χ2v) is 9.27. The molecule has 0 aliphatic heterocycles. The first kappa shape index (κ1) is 20.9. The molecule has 0 bridgehead atoms. The number of fused-ring (bicyclic) bond motifs is 2. The van der Waals surface area contributed by atoms with Gasteiger partial charge in [0, 0.05) is 12.6 Å². The quantitative estimate of drug-likeness (QED) is 0.379. The molecule has 1 aliphatic carbocycles. The van der Waals surface area contributed by atoms with Gasteiger partial charge in [0.25, 0.3) is 0 Å². The van der Waals surface area contributed by atoms with Crippen LogP contribution < -0.4 is 5.32 Å². The van der Waals surface area contributed by atoms with Crippen LogP contribution in [0.3, 0.4) is 0 Å². The SMILES string of the molecule is CC1(C)CCC(NCc2ccc(-c3ccc4nc[nH]c4c3)c3ccccc23)CC1.Cl. The molecule has 0 atom stereocenters. The summed E-state index contributed by atoms with van der Waals surface area (Å²) in [6, 6.07) is 20.5. The minimum atomic E-state index is 0. The van der Waals surface area contributed by atoms with Gasteiger partial charge in [0.1, 0.15) is 0 Å². The third kappa shape index (κ3) is 4.10. The first-order chi connectivity index (χ1) is 14.1. The van der Waals surface area contributed by atoms with E-state index in [1.807, 2.05) is 0 Å². The summed E-state index contributed by atoms with van der Waals surface area (Å²) in [5, 5.41) is 6.50. The van der Waals surface area contributed by atoms with E-state index in [1.165, 1.54) is 53.1 Å². The predicted octanol–water partition coefficient (Wildman–Crippen LogP) is 6.86. The molecule has 1 aromatic heterocycles. The van der Waals surface area contributed by atoms with Crippen molar-refractivity contribution in [3.05, 3.63) is 66.5 Å². The molecule has 156 valence electrons. The lowest BCUT2D eigenvalue weighted by Gasteiger charge is -2.34. The van der Waals surface area contributed by atoms with Crippen molar-refractivity contribution in [2.45, 2.75) is 52.1 Å². The van der Waals surface area contributed by atoms with Crippen molar-refractivity contribution in [1.29, 1.82) is 0 Å². The molecule has 5 rings (SSSR count). The maximum atomic E-state index is 4.34. The van der Waals surface area contributed by atoms with Crippen LogP contribution in [0.5, 0.6) is 0 Å². The van der Waals surface area contributed by atoms with Crippen molar-refractivity contribution in [2.75, 3.05) is 0 Å². The Bertz CT molecular complexity index is 1150. The van der Waals surface area contributed by atoms with Crippen LogP contribution in [0.25, 0.3) is 32.9 Å². The largest absolute Gasteiger partial charge is 0.345 e. The van der Waals surface area contributed by atoms with Crippen LogP contribution in [0, 0.1) is 5.41 Å². The molecule has 0 radical (unpaired) electrons. The molecule has 0 unspecified atom stereocenters. The predicted molar refractivity (Wildman–Crippen MR) is 129 cm³/mol. The molecular formula is C26H30ClN3. The van der Waals surface area contributed by atoms with Crippen LogP contribution in [-0.4, -0.2) is 16.0 Å². The zero-order valence-electron chi connectivity index (χ0n) is 17.7. The molecule has 1 fully saturated rings. The Balaban J connectivity index is 0.00000218. The van der Waals surface area contributed by atoms with Crippen LogP contribution in [0.4, 0.5) is 0 Å². The van der Waals surface area contributed by atoms with Crippen molar-refractivity contribution >= 4 is 34.2 Å². The number of aromatic nitrogens is 2. The monoisotopic (exact) mass is 419 g/mol. The maximum Gasteiger partial charge on any atom is 0.0931 e. The molecular weight excluding hydrogens is 390 g/mol. The molecule has 0 amide bonds. The van der Waals surface area contributed by atoms with E-state index in [9.17, 15) is 0 Å². The highest BCUT2D eigenvalue weighted by molar-refractivity contribution is 5.99. The Labute approximate surface area is 184 Å². The van der Waals surface area contributed by atoms with E-state index in [1.54, 1.807) is 6.33 Å². The highest BCUT2D eigenvalue weighted by Crippen LogP contribution is 2.36. The Morgan fingerprint density at radius 3 is 2.57 bits per heavy atom. The molecule has 3 nitrogen and oxygen atoms in total. The van der Waals surface area contributed by atoms with E-state index in [0.717, 1.165) is 17.6 Å². The lowest BCUT2D eigenvalue weighted by Crippen LogP contribution is -2.35. The zero-order chi connectivity index (χ0) is 19.8. The van der Waals surface area contributed by atoms with Crippen LogP contribution in [0.1, 0.15) is 45.1 Å². The number of aromatic amines is 1. The molecule has 2 N–H and O–H groups in total. The molecule has 30 heavy (non-hydrogen) atoms. The van der Waals surface area contributed by atoms with E-state index in [4.69, 9.17) is 0 Å². The summed E-state index contributed by atoms with van der Waals surface area (Å²) < 4.78 is 0. The Kier molecular flexibility index (Phi) is 5.86. The van der Waals surface area contributed by atoms with E-state index in [-0.39, 0.29) is 12.4 Å². The van der Waals surface area contributed by atoms with Gasteiger partial charge in [-0.15, -0.1) is 12.4 Å². The third-order valence-corrected chi connectivity index (χ3v) is 6.67. The highest BCUT2D eigenvalue weighted by atomic mass is 35.5. The summed E-state index contributed by atoms with van der Waals surface area (Å²) in [5.41, 5.74) is 6.50. The van der Waals surface area contributed by atoms with E-state index >= 15 is 0 Å². The fourth-order valence-corrected chi connectivity index (χ4v) is 4.73. The second-order valence-electron chi connectivity index (χ2n) is 9.27. The van der Waals surface area contributed by atoms with Gasteiger partial charge >= 0.3 is 0 Å². The van der Waals surface area contributed by atoms with Crippen molar-refractivity contribution < 1.29 is 0 Å². The summed E-state index contributed by atoms with van der Waals surface area (Å²) in [4.78, 5) is 7.57. The summed E-state index contributed by atoms with van der Waals surface area (Å²) in [7, 11) is 0. The normalized spacial score (nSPS) is 16.6. The van der Waals surface area contributed by atoms with Crippen molar-refractivity contribution in [3.8, 4) is 11.1 Å². The molecule has 1 saturated carbocycles. The molecule has 3 aromatic carbocycles. The Morgan fingerprint density at radius 2 is 1.77 bits per heavy atom. The van der Waals surface area contributed by atoms with Gasteiger partial charge in [-0.05, 0) is 70.7 Å². The number of H-pyrrole nitrogens is 1. The Morgan fingerprint density at radius 1 is 1.00 bits per heavy atom. The number of benzene rings is 3.